The molecule has 0 aliphatic heterocycles. The molecule has 3 aromatic carbocycles. The second-order valence-electron chi connectivity index (χ2n) is 7.29. The Balaban J connectivity index is 1.75. The summed E-state index contributed by atoms with van der Waals surface area (Å²) in [6.07, 6.45) is 0.330. The molecule has 2 N–H and O–H groups in total. The lowest BCUT2D eigenvalue weighted by Crippen LogP contribution is -2.33. The first-order chi connectivity index (χ1) is 16.7. The average Bonchev–Trinajstić information content (AvgIpc) is 2.85. The minimum Gasteiger partial charge on any atom is -0.496 e. The van der Waals surface area contributed by atoms with Gasteiger partial charge in [0.05, 0.1) is 32.8 Å². The predicted octanol–water partition coefficient (Wildman–Crippen LogP) is 4.53. The number of amides is 1. The van der Waals surface area contributed by atoms with Crippen molar-refractivity contribution < 1.29 is 27.4 Å². The number of hydrogen-bond acceptors (Lipinski definition) is 6. The molecule has 0 bridgehead atoms. The van der Waals surface area contributed by atoms with Gasteiger partial charge in [0.1, 0.15) is 5.75 Å². The molecule has 0 saturated heterocycles. The van der Waals surface area contributed by atoms with Gasteiger partial charge >= 0.3 is 0 Å². The zero-order valence-electron chi connectivity index (χ0n) is 19.2. The maximum absolute atomic E-state index is 12.7. The van der Waals surface area contributed by atoms with E-state index in [1.807, 2.05) is 0 Å². The lowest BCUT2D eigenvalue weighted by atomic mass is 10.0. The summed E-state index contributed by atoms with van der Waals surface area (Å²) in [6, 6.07) is 14.4. The molecule has 0 heterocycles. The van der Waals surface area contributed by atoms with Crippen molar-refractivity contribution in [3.05, 3.63) is 75.8 Å². The monoisotopic (exact) mass is 538 g/mol. The van der Waals surface area contributed by atoms with Crippen LogP contribution >= 0.6 is 23.2 Å². The fourth-order valence-electron chi connectivity index (χ4n) is 3.34. The second-order valence-corrected chi connectivity index (χ2v) is 9.90. The minimum absolute atomic E-state index is 0.0686. The summed E-state index contributed by atoms with van der Waals surface area (Å²) in [6.45, 7) is -0.492. The smallest absolute Gasteiger partial charge is 0.241 e. The van der Waals surface area contributed by atoms with Gasteiger partial charge in [-0.3, -0.25) is 4.79 Å². The van der Waals surface area contributed by atoms with E-state index in [1.165, 1.54) is 32.4 Å². The van der Waals surface area contributed by atoms with E-state index in [0.29, 0.717) is 39.2 Å². The van der Waals surface area contributed by atoms with Gasteiger partial charge < -0.3 is 19.5 Å². The van der Waals surface area contributed by atoms with Gasteiger partial charge in [0.2, 0.25) is 15.9 Å². The first-order valence-corrected chi connectivity index (χ1v) is 12.5. The molecule has 8 nitrogen and oxygen atoms in total. The lowest BCUT2D eigenvalue weighted by Gasteiger charge is -2.15. The van der Waals surface area contributed by atoms with Crippen LogP contribution in [0.25, 0.3) is 0 Å². The van der Waals surface area contributed by atoms with Gasteiger partial charge in [-0.2, -0.15) is 0 Å². The molecule has 3 rings (SSSR count). The average molecular weight is 539 g/mol. The highest BCUT2D eigenvalue weighted by molar-refractivity contribution is 7.89. The third kappa shape index (κ3) is 6.58. The molecule has 0 atom stereocenters. The standard InChI is InChI=1S/C24H24Cl2N2O6S/c1-32-21-6-4-5-19(26)18(21)12-15-11-16(25)7-9-20(15)28-24(29)14-27-35(30,31)17-8-10-22(33-2)23(13-17)34-3/h4-11,13,27H,12,14H2,1-3H3,(H,28,29). The van der Waals surface area contributed by atoms with Gasteiger partial charge in [-0.1, -0.05) is 29.3 Å². The third-order valence-electron chi connectivity index (χ3n) is 5.09. The zero-order valence-corrected chi connectivity index (χ0v) is 21.6. The quantitative estimate of drug-likeness (QED) is 0.393. The van der Waals surface area contributed by atoms with Gasteiger partial charge in [0.25, 0.3) is 0 Å². The molecule has 11 heteroatoms. The lowest BCUT2D eigenvalue weighted by molar-refractivity contribution is -0.115. The molecular weight excluding hydrogens is 515 g/mol. The highest BCUT2D eigenvalue weighted by Gasteiger charge is 2.19. The van der Waals surface area contributed by atoms with Crippen molar-refractivity contribution in [2.75, 3.05) is 33.2 Å². The molecule has 0 fully saturated rings. The van der Waals surface area contributed by atoms with Crippen LogP contribution in [0.2, 0.25) is 10.0 Å². The number of anilines is 1. The second kappa shape index (κ2) is 11.6. The van der Waals surface area contributed by atoms with Crippen molar-refractivity contribution in [2.24, 2.45) is 0 Å². The molecule has 0 aliphatic rings. The van der Waals surface area contributed by atoms with Crippen LogP contribution in [0.1, 0.15) is 11.1 Å². The number of ether oxygens (including phenoxy) is 3. The number of benzene rings is 3. The Morgan fingerprint density at radius 2 is 1.60 bits per heavy atom. The molecule has 0 unspecified atom stereocenters. The zero-order chi connectivity index (χ0) is 25.6. The third-order valence-corrected chi connectivity index (χ3v) is 7.08. The van der Waals surface area contributed by atoms with Crippen LogP contribution in [-0.2, 0) is 21.2 Å². The van der Waals surface area contributed by atoms with Crippen LogP contribution in [-0.4, -0.2) is 42.2 Å². The molecule has 0 saturated carbocycles. The van der Waals surface area contributed by atoms with Crippen LogP contribution in [0.3, 0.4) is 0 Å². The van der Waals surface area contributed by atoms with E-state index < -0.39 is 22.5 Å². The van der Waals surface area contributed by atoms with Gasteiger partial charge in [0.15, 0.2) is 11.5 Å². The van der Waals surface area contributed by atoms with Crippen molar-refractivity contribution >= 4 is 44.8 Å². The van der Waals surface area contributed by atoms with Crippen LogP contribution < -0.4 is 24.2 Å². The van der Waals surface area contributed by atoms with Gasteiger partial charge in [-0.15, -0.1) is 0 Å². The molecular formula is C24H24Cl2N2O6S. The van der Waals surface area contributed by atoms with E-state index in [1.54, 1.807) is 43.5 Å². The van der Waals surface area contributed by atoms with Crippen LogP contribution in [0.5, 0.6) is 17.2 Å². The molecule has 35 heavy (non-hydrogen) atoms. The highest BCUT2D eigenvalue weighted by Crippen LogP contribution is 2.32. The van der Waals surface area contributed by atoms with E-state index >= 15 is 0 Å². The Kier molecular flexibility index (Phi) is 8.85. The minimum atomic E-state index is -3.99. The maximum Gasteiger partial charge on any atom is 0.241 e. The van der Waals surface area contributed by atoms with Crippen LogP contribution in [0.15, 0.2) is 59.5 Å². The number of carbonyl (C=O) groups is 1. The topological polar surface area (TPSA) is 103 Å². The van der Waals surface area contributed by atoms with E-state index in [2.05, 4.69) is 10.0 Å². The van der Waals surface area contributed by atoms with E-state index in [4.69, 9.17) is 37.4 Å². The largest absolute Gasteiger partial charge is 0.496 e. The van der Waals surface area contributed by atoms with Crippen LogP contribution in [0.4, 0.5) is 5.69 Å². The Morgan fingerprint density at radius 1 is 0.886 bits per heavy atom. The number of halogens is 2. The predicted molar refractivity (Wildman–Crippen MR) is 136 cm³/mol. The Labute approximate surface area is 214 Å². The summed E-state index contributed by atoms with van der Waals surface area (Å²) in [4.78, 5) is 12.6. The number of carbonyl (C=O) groups excluding carboxylic acids is 1. The van der Waals surface area contributed by atoms with Crippen molar-refractivity contribution in [3.8, 4) is 17.2 Å². The van der Waals surface area contributed by atoms with Gasteiger partial charge in [-0.25, -0.2) is 13.1 Å². The molecule has 0 aliphatic carbocycles. The molecule has 0 aromatic heterocycles. The van der Waals surface area contributed by atoms with Gasteiger partial charge in [0, 0.05) is 33.8 Å². The number of methoxy groups -OCH3 is 3. The van der Waals surface area contributed by atoms with Crippen molar-refractivity contribution in [1.29, 1.82) is 0 Å². The SMILES string of the molecule is COc1ccc(S(=O)(=O)NCC(=O)Nc2ccc(Cl)cc2Cc2c(Cl)cccc2OC)cc1OC. The maximum atomic E-state index is 12.7. The van der Waals surface area contributed by atoms with Crippen LogP contribution in [0, 0.1) is 0 Å². The summed E-state index contributed by atoms with van der Waals surface area (Å²) in [5, 5.41) is 3.70. The number of nitrogens with one attached hydrogen (secondary N) is 2. The fourth-order valence-corrected chi connectivity index (χ4v) is 4.77. The van der Waals surface area contributed by atoms with E-state index in [9.17, 15) is 13.2 Å². The summed E-state index contributed by atoms with van der Waals surface area (Å²) < 4.78 is 43.3. The molecule has 1 amide bonds. The fraction of sp³-hybridized carbons (Fsp3) is 0.208. The first-order valence-electron chi connectivity index (χ1n) is 10.3. The van der Waals surface area contributed by atoms with E-state index in [-0.39, 0.29) is 10.6 Å². The normalized spacial score (nSPS) is 11.1. The van der Waals surface area contributed by atoms with E-state index in [0.717, 1.165) is 5.56 Å². The Bertz CT molecular complexity index is 1330. The Hall–Kier alpha value is -2.98. The number of sulfonamides is 1. The number of rotatable bonds is 10. The summed E-state index contributed by atoms with van der Waals surface area (Å²) in [5.41, 5.74) is 1.87. The molecule has 186 valence electrons. The highest BCUT2D eigenvalue weighted by atomic mass is 35.5. The van der Waals surface area contributed by atoms with Crippen molar-refractivity contribution in [3.63, 3.8) is 0 Å². The first kappa shape index (κ1) is 26.6. The van der Waals surface area contributed by atoms with Gasteiger partial charge in [-0.05, 0) is 48.0 Å². The summed E-state index contributed by atoms with van der Waals surface area (Å²) in [7, 11) is 0.401. The number of hydrogen-bond donors (Lipinski definition) is 2. The summed E-state index contributed by atoms with van der Waals surface area (Å²) >= 11 is 12.5. The molecule has 0 radical (unpaired) electrons. The summed E-state index contributed by atoms with van der Waals surface area (Å²) in [5.74, 6) is 0.663. The molecule has 0 spiro atoms. The van der Waals surface area contributed by atoms with Crippen molar-refractivity contribution in [2.45, 2.75) is 11.3 Å². The Morgan fingerprint density at radius 3 is 2.29 bits per heavy atom. The van der Waals surface area contributed by atoms with Crippen molar-refractivity contribution in [1.82, 2.24) is 4.72 Å². The molecule has 3 aromatic rings.